The molecule has 3 nitrogen and oxygen atoms in total. The zero-order chi connectivity index (χ0) is 12.7. The second-order valence-corrected chi connectivity index (χ2v) is 4.22. The predicted octanol–water partition coefficient (Wildman–Crippen LogP) is 3.27. The summed E-state index contributed by atoms with van der Waals surface area (Å²) < 4.78 is 5.03. The van der Waals surface area contributed by atoms with Gasteiger partial charge in [0, 0.05) is 12.1 Å². The molecular formula is C13H18ClNO2. The Balaban J connectivity index is 2.54. The van der Waals surface area contributed by atoms with Crippen LogP contribution < -0.4 is 10.1 Å². The summed E-state index contributed by atoms with van der Waals surface area (Å²) in [7, 11) is 1.55. The number of carbonyl (C=O) groups is 1. The molecule has 0 aliphatic carbocycles. The first kappa shape index (κ1) is 13.8. The molecule has 1 aromatic carbocycles. The van der Waals surface area contributed by atoms with Crippen molar-refractivity contribution in [1.82, 2.24) is 5.32 Å². The summed E-state index contributed by atoms with van der Waals surface area (Å²) in [5.41, 5.74) is 0.562. The first-order chi connectivity index (χ1) is 8.19. The molecule has 1 rings (SSSR count). The topological polar surface area (TPSA) is 38.3 Å². The van der Waals surface area contributed by atoms with Gasteiger partial charge in [-0.15, -0.1) is 0 Å². The summed E-state index contributed by atoms with van der Waals surface area (Å²) in [4.78, 5) is 11.7. The molecule has 0 fully saturated rings. The van der Waals surface area contributed by atoms with Gasteiger partial charge in [0.1, 0.15) is 5.75 Å². The number of carbonyl (C=O) groups excluding carboxylic acids is 1. The number of halogens is 1. The molecule has 0 aromatic heterocycles. The van der Waals surface area contributed by atoms with E-state index in [0.29, 0.717) is 22.9 Å². The molecule has 0 aliphatic rings. The smallest absolute Gasteiger partial charge is 0.251 e. The van der Waals surface area contributed by atoms with Gasteiger partial charge in [0.05, 0.1) is 12.1 Å². The summed E-state index contributed by atoms with van der Waals surface area (Å²) in [5.74, 6) is 0.486. The number of benzene rings is 1. The van der Waals surface area contributed by atoms with Crippen molar-refractivity contribution < 1.29 is 9.53 Å². The van der Waals surface area contributed by atoms with Crippen LogP contribution in [0.1, 0.15) is 36.5 Å². The van der Waals surface area contributed by atoms with Crippen LogP contribution in [-0.4, -0.2) is 19.6 Å². The maximum Gasteiger partial charge on any atom is 0.251 e. The van der Waals surface area contributed by atoms with Crippen LogP contribution in [0.15, 0.2) is 18.2 Å². The predicted molar refractivity (Wildman–Crippen MR) is 69.9 cm³/mol. The zero-order valence-corrected chi connectivity index (χ0v) is 11.0. The van der Waals surface area contributed by atoms with E-state index in [-0.39, 0.29) is 5.91 Å². The first-order valence-electron chi connectivity index (χ1n) is 5.80. The number of ether oxygens (including phenoxy) is 1. The van der Waals surface area contributed by atoms with E-state index in [1.165, 1.54) is 0 Å². The van der Waals surface area contributed by atoms with E-state index in [9.17, 15) is 4.79 Å². The maximum absolute atomic E-state index is 11.7. The number of unbranched alkanes of at least 4 members (excludes halogenated alkanes) is 2. The molecule has 17 heavy (non-hydrogen) atoms. The number of amides is 1. The van der Waals surface area contributed by atoms with Gasteiger partial charge in [0.25, 0.3) is 5.91 Å². The largest absolute Gasteiger partial charge is 0.495 e. The standard InChI is InChI=1S/C13H18ClNO2/c1-3-4-5-8-15-13(16)10-6-7-12(17-2)11(14)9-10/h6-7,9H,3-5,8H2,1-2H3,(H,15,16). The highest BCUT2D eigenvalue weighted by molar-refractivity contribution is 6.32. The Kier molecular flexibility index (Phi) is 5.84. The van der Waals surface area contributed by atoms with Crippen molar-refractivity contribution in [3.05, 3.63) is 28.8 Å². The quantitative estimate of drug-likeness (QED) is 0.793. The molecule has 0 bridgehead atoms. The lowest BCUT2D eigenvalue weighted by Gasteiger charge is -2.07. The fourth-order valence-electron chi connectivity index (χ4n) is 1.49. The second kappa shape index (κ2) is 7.17. The van der Waals surface area contributed by atoms with Crippen LogP contribution in [0.4, 0.5) is 0 Å². The average molecular weight is 256 g/mol. The van der Waals surface area contributed by atoms with Crippen molar-refractivity contribution in [2.45, 2.75) is 26.2 Å². The second-order valence-electron chi connectivity index (χ2n) is 3.81. The number of methoxy groups -OCH3 is 1. The van der Waals surface area contributed by atoms with Crippen molar-refractivity contribution in [2.24, 2.45) is 0 Å². The average Bonchev–Trinajstić information content (AvgIpc) is 2.34. The molecular weight excluding hydrogens is 238 g/mol. The van der Waals surface area contributed by atoms with Gasteiger partial charge in [0.2, 0.25) is 0 Å². The first-order valence-corrected chi connectivity index (χ1v) is 6.18. The minimum atomic E-state index is -0.0920. The third kappa shape index (κ3) is 4.27. The van der Waals surface area contributed by atoms with Crippen molar-refractivity contribution >= 4 is 17.5 Å². The summed E-state index contributed by atoms with van der Waals surface area (Å²) in [6.45, 7) is 2.83. The van der Waals surface area contributed by atoms with Crippen LogP contribution in [-0.2, 0) is 0 Å². The number of rotatable bonds is 6. The summed E-state index contributed by atoms with van der Waals surface area (Å²) in [5, 5.41) is 3.31. The van der Waals surface area contributed by atoms with Crippen molar-refractivity contribution in [3.63, 3.8) is 0 Å². The van der Waals surface area contributed by atoms with Gasteiger partial charge in [0.15, 0.2) is 0 Å². The Morgan fingerprint density at radius 1 is 1.41 bits per heavy atom. The molecule has 1 N–H and O–H groups in total. The SMILES string of the molecule is CCCCCNC(=O)c1ccc(OC)c(Cl)c1. The molecule has 0 unspecified atom stereocenters. The number of hydrogen-bond acceptors (Lipinski definition) is 2. The minimum Gasteiger partial charge on any atom is -0.495 e. The molecule has 0 spiro atoms. The normalized spacial score (nSPS) is 10.1. The Morgan fingerprint density at radius 3 is 2.76 bits per heavy atom. The van der Waals surface area contributed by atoms with Gasteiger partial charge in [-0.05, 0) is 24.6 Å². The van der Waals surface area contributed by atoms with E-state index >= 15 is 0 Å². The molecule has 1 amide bonds. The third-order valence-electron chi connectivity index (χ3n) is 2.48. The molecule has 0 atom stereocenters. The van der Waals surface area contributed by atoms with Crippen LogP contribution in [0.3, 0.4) is 0 Å². The fraction of sp³-hybridized carbons (Fsp3) is 0.462. The van der Waals surface area contributed by atoms with Crippen LogP contribution in [0.2, 0.25) is 5.02 Å². The Morgan fingerprint density at radius 2 is 2.18 bits per heavy atom. The van der Waals surface area contributed by atoms with E-state index in [0.717, 1.165) is 19.3 Å². The third-order valence-corrected chi connectivity index (χ3v) is 2.78. The Bertz CT molecular complexity index is 380. The van der Waals surface area contributed by atoms with Crippen molar-refractivity contribution in [3.8, 4) is 5.75 Å². The van der Waals surface area contributed by atoms with Crippen LogP contribution in [0.25, 0.3) is 0 Å². The molecule has 4 heteroatoms. The van der Waals surface area contributed by atoms with Gasteiger partial charge < -0.3 is 10.1 Å². The zero-order valence-electron chi connectivity index (χ0n) is 10.3. The van der Waals surface area contributed by atoms with Crippen LogP contribution in [0.5, 0.6) is 5.75 Å². The fourth-order valence-corrected chi connectivity index (χ4v) is 1.74. The summed E-state index contributed by atoms with van der Waals surface area (Å²) in [6, 6.07) is 5.03. The monoisotopic (exact) mass is 255 g/mol. The van der Waals surface area contributed by atoms with Gasteiger partial charge in [-0.3, -0.25) is 4.79 Å². The van der Waals surface area contributed by atoms with Crippen molar-refractivity contribution in [2.75, 3.05) is 13.7 Å². The highest BCUT2D eigenvalue weighted by atomic mass is 35.5. The van der Waals surface area contributed by atoms with E-state index in [1.807, 2.05) is 0 Å². The summed E-state index contributed by atoms with van der Waals surface area (Å²) in [6.07, 6.45) is 3.28. The Hall–Kier alpha value is -1.22. The lowest BCUT2D eigenvalue weighted by molar-refractivity contribution is 0.0953. The Labute approximate surface area is 107 Å². The molecule has 0 aliphatic heterocycles. The lowest BCUT2D eigenvalue weighted by Crippen LogP contribution is -2.24. The van der Waals surface area contributed by atoms with Crippen molar-refractivity contribution in [1.29, 1.82) is 0 Å². The molecule has 0 heterocycles. The van der Waals surface area contributed by atoms with Gasteiger partial charge in [-0.1, -0.05) is 31.4 Å². The molecule has 0 saturated carbocycles. The lowest BCUT2D eigenvalue weighted by atomic mass is 10.2. The molecule has 1 aromatic rings. The number of hydrogen-bond donors (Lipinski definition) is 1. The maximum atomic E-state index is 11.7. The van der Waals surface area contributed by atoms with Crippen LogP contribution in [0, 0.1) is 0 Å². The molecule has 0 radical (unpaired) electrons. The molecule has 0 saturated heterocycles. The number of nitrogens with one attached hydrogen (secondary N) is 1. The van der Waals surface area contributed by atoms with E-state index < -0.39 is 0 Å². The minimum absolute atomic E-state index is 0.0920. The highest BCUT2D eigenvalue weighted by Crippen LogP contribution is 2.24. The van der Waals surface area contributed by atoms with E-state index in [2.05, 4.69) is 12.2 Å². The highest BCUT2D eigenvalue weighted by Gasteiger charge is 2.08. The van der Waals surface area contributed by atoms with E-state index in [4.69, 9.17) is 16.3 Å². The van der Waals surface area contributed by atoms with Gasteiger partial charge in [-0.25, -0.2) is 0 Å². The van der Waals surface area contributed by atoms with Crippen LogP contribution >= 0.6 is 11.6 Å². The van der Waals surface area contributed by atoms with Gasteiger partial charge in [-0.2, -0.15) is 0 Å². The summed E-state index contributed by atoms with van der Waals surface area (Å²) >= 11 is 5.95. The molecule has 94 valence electrons. The van der Waals surface area contributed by atoms with Gasteiger partial charge >= 0.3 is 0 Å². The van der Waals surface area contributed by atoms with E-state index in [1.54, 1.807) is 25.3 Å².